The van der Waals surface area contributed by atoms with Crippen LogP contribution in [0.5, 0.6) is 0 Å². The molecule has 1 fully saturated rings. The van der Waals surface area contributed by atoms with Crippen molar-refractivity contribution in [3.63, 3.8) is 0 Å². The Bertz CT molecular complexity index is 339. The molecule has 5 heteroatoms. The Labute approximate surface area is 115 Å². The second kappa shape index (κ2) is 7.51. The minimum atomic E-state index is 0. The summed E-state index contributed by atoms with van der Waals surface area (Å²) in [4.78, 5) is 0. The highest BCUT2D eigenvalue weighted by atomic mass is 35.5. The normalized spacial score (nSPS) is 15.5. The molecule has 0 unspecified atom stereocenters. The zero-order chi connectivity index (χ0) is 10.7. The van der Waals surface area contributed by atoms with Gasteiger partial charge in [0.25, 0.3) is 0 Å². The summed E-state index contributed by atoms with van der Waals surface area (Å²) in [6, 6.07) is 6.26. The summed E-state index contributed by atoms with van der Waals surface area (Å²) in [5, 5.41) is 3.50. The van der Waals surface area contributed by atoms with Gasteiger partial charge in [-0.05, 0) is 31.0 Å². The molecule has 98 valence electrons. The van der Waals surface area contributed by atoms with Crippen molar-refractivity contribution in [2.45, 2.75) is 38.1 Å². The van der Waals surface area contributed by atoms with Crippen LogP contribution in [0.15, 0.2) is 18.2 Å². The molecule has 0 saturated heterocycles. The fourth-order valence-electron chi connectivity index (χ4n) is 2.18. The fourth-order valence-corrected chi connectivity index (χ4v) is 2.18. The molecule has 1 aliphatic carbocycles. The van der Waals surface area contributed by atoms with E-state index in [4.69, 9.17) is 11.5 Å². The molecule has 3 nitrogen and oxygen atoms in total. The zero-order valence-corrected chi connectivity index (χ0v) is 11.3. The number of nitrogens with two attached hydrogens (primary N) is 2. The smallest absolute Gasteiger partial charge is 0.0577 e. The largest absolute Gasteiger partial charge is 1.00 e. The maximum atomic E-state index is 5.90. The maximum absolute atomic E-state index is 5.90. The molecule has 0 atom stereocenters. The highest BCUT2D eigenvalue weighted by Gasteiger charge is 2.13. The standard InChI is InChI=1S/C12H19N3.2ClH/c13-9-6-7-12(11(14)8-9)15-10-4-2-1-3-5-10;;/h6-8,10,15H,1-5,13-14H2;2*1H/p-2. The topological polar surface area (TPSA) is 64.1 Å². The highest BCUT2D eigenvalue weighted by Crippen LogP contribution is 2.26. The summed E-state index contributed by atoms with van der Waals surface area (Å²) in [7, 11) is 0. The highest BCUT2D eigenvalue weighted by molar-refractivity contribution is 5.70. The summed E-state index contributed by atoms with van der Waals surface area (Å²) in [5.74, 6) is 0. The van der Waals surface area contributed by atoms with Gasteiger partial charge in [0.05, 0.1) is 11.4 Å². The SMILES string of the molecule is Nc1ccc(NC2CCCCC2)c(N)c1.[Cl-].[Cl-]. The van der Waals surface area contributed by atoms with E-state index in [2.05, 4.69) is 5.32 Å². The molecule has 2 rings (SSSR count). The van der Waals surface area contributed by atoms with E-state index in [0.717, 1.165) is 17.1 Å². The van der Waals surface area contributed by atoms with Crippen molar-refractivity contribution >= 4 is 17.1 Å². The Hall–Kier alpha value is -0.800. The second-order valence-electron chi connectivity index (χ2n) is 4.33. The molecule has 0 spiro atoms. The average molecular weight is 276 g/mol. The summed E-state index contributed by atoms with van der Waals surface area (Å²) >= 11 is 0. The van der Waals surface area contributed by atoms with E-state index in [1.165, 1.54) is 32.1 Å². The van der Waals surface area contributed by atoms with Crippen molar-refractivity contribution in [2.75, 3.05) is 16.8 Å². The third-order valence-corrected chi connectivity index (χ3v) is 3.04. The van der Waals surface area contributed by atoms with Gasteiger partial charge < -0.3 is 41.6 Å². The molecular formula is C12H19Cl2N3-2. The van der Waals surface area contributed by atoms with Gasteiger partial charge in [0.2, 0.25) is 0 Å². The van der Waals surface area contributed by atoms with Crippen LogP contribution in [-0.4, -0.2) is 6.04 Å². The van der Waals surface area contributed by atoms with E-state index in [9.17, 15) is 0 Å². The number of hydrogen-bond donors (Lipinski definition) is 3. The quantitative estimate of drug-likeness (QED) is 0.494. The average Bonchev–Trinajstić information content (AvgIpc) is 2.24. The van der Waals surface area contributed by atoms with E-state index in [1.807, 2.05) is 18.2 Å². The van der Waals surface area contributed by atoms with Crippen LogP contribution in [0.2, 0.25) is 0 Å². The Morgan fingerprint density at radius 1 is 1.00 bits per heavy atom. The van der Waals surface area contributed by atoms with Gasteiger partial charge in [0.15, 0.2) is 0 Å². The summed E-state index contributed by atoms with van der Waals surface area (Å²) in [6.07, 6.45) is 6.53. The van der Waals surface area contributed by atoms with Gasteiger partial charge in [-0.1, -0.05) is 19.3 Å². The first-order valence-electron chi connectivity index (χ1n) is 5.67. The Balaban J connectivity index is 0.00000128. The van der Waals surface area contributed by atoms with Crippen LogP contribution >= 0.6 is 0 Å². The van der Waals surface area contributed by atoms with Crippen LogP contribution < -0.4 is 41.6 Å². The van der Waals surface area contributed by atoms with Gasteiger partial charge in [0.1, 0.15) is 0 Å². The first kappa shape index (κ1) is 16.2. The lowest BCUT2D eigenvalue weighted by Gasteiger charge is -2.24. The molecule has 1 aliphatic rings. The number of rotatable bonds is 2. The number of nitrogen functional groups attached to an aromatic ring is 2. The van der Waals surface area contributed by atoms with Gasteiger partial charge in [-0.15, -0.1) is 0 Å². The minimum Gasteiger partial charge on any atom is -1.00 e. The summed E-state index contributed by atoms with van der Waals surface area (Å²) in [6.45, 7) is 0. The predicted octanol–water partition coefficient (Wildman–Crippen LogP) is -3.40. The molecule has 0 heterocycles. The third kappa shape index (κ3) is 4.52. The second-order valence-corrected chi connectivity index (χ2v) is 4.33. The third-order valence-electron chi connectivity index (χ3n) is 3.04. The van der Waals surface area contributed by atoms with Crippen molar-refractivity contribution in [1.29, 1.82) is 0 Å². The van der Waals surface area contributed by atoms with Gasteiger partial charge in [-0.3, -0.25) is 0 Å². The molecule has 17 heavy (non-hydrogen) atoms. The van der Waals surface area contributed by atoms with Crippen LogP contribution in [-0.2, 0) is 0 Å². The molecule has 0 bridgehead atoms. The monoisotopic (exact) mass is 275 g/mol. The van der Waals surface area contributed by atoms with Gasteiger partial charge in [0, 0.05) is 11.7 Å². The molecule has 0 aliphatic heterocycles. The van der Waals surface area contributed by atoms with Gasteiger partial charge >= 0.3 is 0 Å². The number of hydrogen-bond acceptors (Lipinski definition) is 3. The van der Waals surface area contributed by atoms with E-state index < -0.39 is 0 Å². The zero-order valence-electron chi connectivity index (χ0n) is 9.76. The molecule has 1 saturated carbocycles. The van der Waals surface area contributed by atoms with Crippen molar-refractivity contribution in [3.05, 3.63) is 18.2 Å². The van der Waals surface area contributed by atoms with Gasteiger partial charge in [-0.25, -0.2) is 0 Å². The van der Waals surface area contributed by atoms with E-state index in [0.29, 0.717) is 6.04 Å². The van der Waals surface area contributed by atoms with Crippen LogP contribution in [0.3, 0.4) is 0 Å². The predicted molar refractivity (Wildman–Crippen MR) is 65.8 cm³/mol. The van der Waals surface area contributed by atoms with E-state index >= 15 is 0 Å². The van der Waals surface area contributed by atoms with Gasteiger partial charge in [-0.2, -0.15) is 0 Å². The summed E-state index contributed by atoms with van der Waals surface area (Å²) < 4.78 is 0. The molecule has 1 aromatic carbocycles. The molecule has 1 aromatic rings. The molecule has 0 amide bonds. The lowest BCUT2D eigenvalue weighted by Crippen LogP contribution is -3.00. The number of nitrogens with one attached hydrogen (secondary N) is 1. The number of halogens is 2. The first-order valence-corrected chi connectivity index (χ1v) is 5.67. The number of anilines is 3. The van der Waals surface area contributed by atoms with Crippen molar-refractivity contribution in [2.24, 2.45) is 0 Å². The Kier molecular flexibility index (Phi) is 7.16. The summed E-state index contributed by atoms with van der Waals surface area (Å²) in [5.41, 5.74) is 14.0. The van der Waals surface area contributed by atoms with Crippen molar-refractivity contribution < 1.29 is 24.8 Å². The lowest BCUT2D eigenvalue weighted by molar-refractivity contribution is -0.001000. The first-order chi connectivity index (χ1) is 7.25. The lowest BCUT2D eigenvalue weighted by atomic mass is 9.95. The number of benzene rings is 1. The van der Waals surface area contributed by atoms with Crippen LogP contribution in [0, 0.1) is 0 Å². The Morgan fingerprint density at radius 2 is 1.65 bits per heavy atom. The van der Waals surface area contributed by atoms with Crippen LogP contribution in [0.4, 0.5) is 17.1 Å². The van der Waals surface area contributed by atoms with Crippen molar-refractivity contribution in [3.8, 4) is 0 Å². The molecule has 0 aromatic heterocycles. The van der Waals surface area contributed by atoms with Crippen LogP contribution in [0.25, 0.3) is 0 Å². The molecular weight excluding hydrogens is 257 g/mol. The fraction of sp³-hybridized carbons (Fsp3) is 0.500. The molecule has 5 N–H and O–H groups in total. The van der Waals surface area contributed by atoms with Crippen molar-refractivity contribution in [1.82, 2.24) is 0 Å². The van der Waals surface area contributed by atoms with Crippen LogP contribution in [0.1, 0.15) is 32.1 Å². The van der Waals surface area contributed by atoms with E-state index in [-0.39, 0.29) is 24.8 Å². The minimum absolute atomic E-state index is 0. The maximum Gasteiger partial charge on any atom is 0.0577 e. The Morgan fingerprint density at radius 3 is 2.24 bits per heavy atom. The molecule has 0 radical (unpaired) electrons. The van der Waals surface area contributed by atoms with E-state index in [1.54, 1.807) is 0 Å².